The van der Waals surface area contributed by atoms with Crippen LogP contribution < -0.4 is 0 Å². The van der Waals surface area contributed by atoms with Gasteiger partial charge in [0.05, 0.1) is 0 Å². The molecule has 0 amide bonds. The quantitative estimate of drug-likeness (QED) is 0.324. The molecule has 2 heteroatoms. The van der Waals surface area contributed by atoms with E-state index in [-0.39, 0.29) is 0 Å². The maximum atomic E-state index is 10.3. The lowest BCUT2D eigenvalue weighted by Gasteiger charge is -2.07. The average Bonchev–Trinajstić information content (AvgIpc) is 2.93. The van der Waals surface area contributed by atoms with Gasteiger partial charge in [-0.15, -0.1) is 0 Å². The largest absolute Gasteiger partial charge is 0.478 e. The number of carbonyl (C=O) groups is 1. The van der Waals surface area contributed by atoms with Crippen LogP contribution in [0, 0.1) is 5.92 Å². The van der Waals surface area contributed by atoms with Gasteiger partial charge in [-0.25, -0.2) is 4.79 Å². The van der Waals surface area contributed by atoms with Gasteiger partial charge in [0, 0.05) is 12.0 Å². The zero-order valence-corrected chi connectivity index (χ0v) is 13.6. The number of hydrogen-bond donors (Lipinski definition) is 1. The minimum atomic E-state index is -0.886. The Labute approximate surface area is 134 Å². The normalized spacial score (nSPS) is 20.2. The van der Waals surface area contributed by atoms with Gasteiger partial charge in [-0.3, -0.25) is 0 Å². The van der Waals surface area contributed by atoms with Crippen molar-refractivity contribution in [3.8, 4) is 0 Å². The van der Waals surface area contributed by atoms with Crippen LogP contribution in [0.25, 0.3) is 0 Å². The minimum absolute atomic E-state index is 0.500. The highest BCUT2D eigenvalue weighted by atomic mass is 16.4. The second-order valence-corrected chi connectivity index (χ2v) is 5.59. The Morgan fingerprint density at radius 3 is 2.91 bits per heavy atom. The lowest BCUT2D eigenvalue weighted by Crippen LogP contribution is -1.93. The van der Waals surface area contributed by atoms with E-state index in [2.05, 4.69) is 43.4 Å². The summed E-state index contributed by atoms with van der Waals surface area (Å²) in [7, 11) is 0. The van der Waals surface area contributed by atoms with E-state index in [4.69, 9.17) is 5.11 Å². The maximum Gasteiger partial charge on any atom is 0.327 e. The Morgan fingerprint density at radius 2 is 2.14 bits per heavy atom. The Balaban J connectivity index is 2.31. The van der Waals surface area contributed by atoms with Crippen molar-refractivity contribution < 1.29 is 9.90 Å². The van der Waals surface area contributed by atoms with E-state index < -0.39 is 5.97 Å². The molecule has 0 heterocycles. The topological polar surface area (TPSA) is 37.3 Å². The first kappa shape index (κ1) is 18.2. The van der Waals surface area contributed by atoms with Gasteiger partial charge >= 0.3 is 5.97 Å². The fourth-order valence-corrected chi connectivity index (χ4v) is 2.45. The summed E-state index contributed by atoms with van der Waals surface area (Å²) in [5, 5.41) is 8.49. The van der Waals surface area contributed by atoms with Crippen molar-refractivity contribution in [1.82, 2.24) is 0 Å². The van der Waals surface area contributed by atoms with Crippen molar-refractivity contribution in [2.24, 2.45) is 5.92 Å². The third kappa shape index (κ3) is 8.46. The van der Waals surface area contributed by atoms with E-state index >= 15 is 0 Å². The van der Waals surface area contributed by atoms with Gasteiger partial charge in [0.2, 0.25) is 0 Å². The van der Waals surface area contributed by atoms with Gasteiger partial charge in [0.15, 0.2) is 0 Å². The molecule has 0 bridgehead atoms. The van der Waals surface area contributed by atoms with Crippen molar-refractivity contribution in [3.05, 3.63) is 60.3 Å². The van der Waals surface area contributed by atoms with Crippen LogP contribution in [0.2, 0.25) is 0 Å². The number of unbranched alkanes of at least 4 members (excludes halogenated alkanes) is 3. The molecule has 120 valence electrons. The maximum absolute atomic E-state index is 10.3. The molecule has 1 atom stereocenters. The van der Waals surface area contributed by atoms with E-state index in [1.165, 1.54) is 37.3 Å². The van der Waals surface area contributed by atoms with Gasteiger partial charge in [-0.2, -0.15) is 0 Å². The third-order valence-corrected chi connectivity index (χ3v) is 3.71. The number of carboxylic acid groups (broad SMARTS) is 1. The molecule has 0 radical (unpaired) electrons. The molecule has 22 heavy (non-hydrogen) atoms. The van der Waals surface area contributed by atoms with E-state index in [9.17, 15) is 4.79 Å². The zero-order valence-electron chi connectivity index (χ0n) is 13.6. The summed E-state index contributed by atoms with van der Waals surface area (Å²) in [6, 6.07) is 0. The molecule has 0 unspecified atom stereocenters. The summed E-state index contributed by atoms with van der Waals surface area (Å²) < 4.78 is 0. The summed E-state index contributed by atoms with van der Waals surface area (Å²) in [5.74, 6) is -0.386. The number of rotatable bonds is 10. The predicted molar refractivity (Wildman–Crippen MR) is 93.8 cm³/mol. The van der Waals surface area contributed by atoms with Gasteiger partial charge in [-0.05, 0) is 32.1 Å². The Kier molecular flexibility index (Phi) is 9.76. The fraction of sp³-hybridized carbons (Fsp3) is 0.450. The smallest absolute Gasteiger partial charge is 0.327 e. The van der Waals surface area contributed by atoms with Crippen LogP contribution in [-0.4, -0.2) is 11.1 Å². The first-order valence-corrected chi connectivity index (χ1v) is 8.30. The van der Waals surface area contributed by atoms with Gasteiger partial charge in [0.1, 0.15) is 0 Å². The van der Waals surface area contributed by atoms with Gasteiger partial charge in [0.25, 0.3) is 0 Å². The molecule has 0 aromatic carbocycles. The highest BCUT2D eigenvalue weighted by Gasteiger charge is 2.12. The molecule has 1 aliphatic carbocycles. The Bertz CT molecular complexity index is 464. The average molecular weight is 300 g/mol. The van der Waals surface area contributed by atoms with Crippen molar-refractivity contribution in [2.45, 2.75) is 51.9 Å². The Hall–Kier alpha value is -1.83. The van der Waals surface area contributed by atoms with Crippen LogP contribution in [0.4, 0.5) is 0 Å². The second-order valence-electron chi connectivity index (χ2n) is 5.59. The van der Waals surface area contributed by atoms with Crippen LogP contribution in [0.5, 0.6) is 0 Å². The number of hydrogen-bond acceptors (Lipinski definition) is 1. The highest BCUT2D eigenvalue weighted by Crippen LogP contribution is 2.27. The summed E-state index contributed by atoms with van der Waals surface area (Å²) in [5.41, 5.74) is 1.47. The summed E-state index contributed by atoms with van der Waals surface area (Å²) >= 11 is 0. The standard InChI is InChI=1S/C20H28O2/c1-2-3-4-5-6-9-13-18-15-12-16-19(18)14-10-7-8-11-17-20(21)22/h6-7,9-13,16-17,19H,2-5,8,14-15H2,1H3,(H,21,22)/t19-/m0/s1. The van der Waals surface area contributed by atoms with Crippen molar-refractivity contribution in [2.75, 3.05) is 0 Å². The molecule has 0 spiro atoms. The zero-order chi connectivity index (χ0) is 16.0. The van der Waals surface area contributed by atoms with Crippen LogP contribution in [0.3, 0.4) is 0 Å². The number of aliphatic carboxylic acids is 1. The van der Waals surface area contributed by atoms with E-state index in [1.54, 1.807) is 6.08 Å². The molecule has 0 aliphatic heterocycles. The van der Waals surface area contributed by atoms with Crippen molar-refractivity contribution in [3.63, 3.8) is 0 Å². The molecule has 2 nitrogen and oxygen atoms in total. The van der Waals surface area contributed by atoms with Crippen molar-refractivity contribution in [1.29, 1.82) is 0 Å². The molecule has 0 saturated heterocycles. The van der Waals surface area contributed by atoms with Crippen LogP contribution in [0.1, 0.15) is 51.9 Å². The number of allylic oxidation sites excluding steroid dienone is 9. The van der Waals surface area contributed by atoms with Crippen LogP contribution >= 0.6 is 0 Å². The van der Waals surface area contributed by atoms with Gasteiger partial charge < -0.3 is 5.11 Å². The molecule has 1 aliphatic rings. The summed E-state index contributed by atoms with van der Waals surface area (Å²) in [6.45, 7) is 2.23. The molecular weight excluding hydrogens is 272 g/mol. The number of carboxylic acids is 1. The molecule has 0 fully saturated rings. The third-order valence-electron chi connectivity index (χ3n) is 3.71. The predicted octanol–water partition coefficient (Wildman–Crippen LogP) is 5.60. The second kappa shape index (κ2) is 11.8. The first-order chi connectivity index (χ1) is 10.7. The molecule has 0 aromatic heterocycles. The first-order valence-electron chi connectivity index (χ1n) is 8.30. The SMILES string of the molecule is CCCCCC=CC=C1CC=C[C@@H]1CC=CCC=CC(=O)O. The van der Waals surface area contributed by atoms with Crippen LogP contribution in [-0.2, 0) is 4.79 Å². The van der Waals surface area contributed by atoms with E-state index in [0.29, 0.717) is 12.3 Å². The van der Waals surface area contributed by atoms with Crippen LogP contribution in [0.15, 0.2) is 60.3 Å². The molecule has 0 saturated carbocycles. The van der Waals surface area contributed by atoms with E-state index in [0.717, 1.165) is 12.8 Å². The van der Waals surface area contributed by atoms with Crippen molar-refractivity contribution >= 4 is 5.97 Å². The fourth-order valence-electron chi connectivity index (χ4n) is 2.45. The van der Waals surface area contributed by atoms with Gasteiger partial charge in [-0.1, -0.05) is 73.9 Å². The summed E-state index contributed by atoms with van der Waals surface area (Å²) in [4.78, 5) is 10.3. The lowest BCUT2D eigenvalue weighted by molar-refractivity contribution is -0.131. The monoisotopic (exact) mass is 300 g/mol. The highest BCUT2D eigenvalue weighted by molar-refractivity contribution is 5.79. The minimum Gasteiger partial charge on any atom is -0.478 e. The molecule has 1 rings (SSSR count). The lowest BCUT2D eigenvalue weighted by atomic mass is 9.98. The molecule has 1 N–H and O–H groups in total. The van der Waals surface area contributed by atoms with E-state index in [1.807, 2.05) is 6.08 Å². The molecular formula is C20H28O2. The summed E-state index contributed by atoms with van der Waals surface area (Å²) in [6.07, 6.45) is 26.0. The molecule has 0 aromatic rings. The Morgan fingerprint density at radius 1 is 1.27 bits per heavy atom.